The van der Waals surface area contributed by atoms with Gasteiger partial charge in [-0.25, -0.2) is 14.7 Å². The first kappa shape index (κ1) is 31.4. The Morgan fingerprint density at radius 1 is 1.02 bits per heavy atom. The van der Waals surface area contributed by atoms with Crippen LogP contribution < -0.4 is 10.2 Å². The van der Waals surface area contributed by atoms with Gasteiger partial charge in [0.1, 0.15) is 19.0 Å². The van der Waals surface area contributed by atoms with Crippen LogP contribution in [0.1, 0.15) is 48.0 Å². The van der Waals surface area contributed by atoms with Crippen molar-refractivity contribution in [3.63, 3.8) is 0 Å². The molecule has 5 unspecified atom stereocenters. The van der Waals surface area contributed by atoms with E-state index in [1.165, 1.54) is 18.1 Å². The maximum atomic E-state index is 13.2. The Hall–Kier alpha value is -4.56. The third-order valence-corrected chi connectivity index (χ3v) is 8.94. The second kappa shape index (κ2) is 14.3. The topological polar surface area (TPSA) is 156 Å². The molecule has 2 aliphatic rings. The number of hydrogen-bond donors (Lipinski definition) is 3. The van der Waals surface area contributed by atoms with E-state index in [2.05, 4.69) is 27.4 Å². The summed E-state index contributed by atoms with van der Waals surface area (Å²) < 4.78 is 18.2. The minimum absolute atomic E-state index is 0.0189. The highest BCUT2D eigenvalue weighted by Gasteiger charge is 2.42. The van der Waals surface area contributed by atoms with Gasteiger partial charge in [0, 0.05) is 17.2 Å². The number of ether oxygens (including phenoxy) is 3. The largest absolute Gasteiger partial charge is 0.445 e. The number of amides is 3. The second-order valence-electron chi connectivity index (χ2n) is 11.0. The summed E-state index contributed by atoms with van der Waals surface area (Å²) in [6.07, 6.45) is -0.739. The number of anilines is 1. The van der Waals surface area contributed by atoms with Crippen LogP contribution in [0.4, 0.5) is 10.5 Å². The number of aromatic nitrogens is 3. The van der Waals surface area contributed by atoms with Crippen molar-refractivity contribution < 1.29 is 33.7 Å². The van der Waals surface area contributed by atoms with Crippen LogP contribution in [0.5, 0.6) is 0 Å². The summed E-state index contributed by atoms with van der Waals surface area (Å²) in [5.74, 6) is -0.391. The first-order valence-electron chi connectivity index (χ1n) is 14.8. The summed E-state index contributed by atoms with van der Waals surface area (Å²) >= 11 is 1.50. The van der Waals surface area contributed by atoms with Gasteiger partial charge in [-0.3, -0.25) is 14.7 Å². The fourth-order valence-electron chi connectivity index (χ4n) is 5.44. The van der Waals surface area contributed by atoms with E-state index in [-0.39, 0.29) is 37.8 Å². The zero-order valence-corrected chi connectivity index (χ0v) is 25.8. The van der Waals surface area contributed by atoms with Crippen LogP contribution in [-0.2, 0) is 37.0 Å². The number of nitrogens with zero attached hydrogens (tertiary/aromatic N) is 3. The van der Waals surface area contributed by atoms with Gasteiger partial charge < -0.3 is 24.6 Å². The molecule has 46 heavy (non-hydrogen) atoms. The van der Waals surface area contributed by atoms with Crippen LogP contribution in [0.25, 0.3) is 0 Å². The van der Waals surface area contributed by atoms with Crippen molar-refractivity contribution >= 4 is 35.4 Å². The van der Waals surface area contributed by atoms with E-state index in [1.807, 2.05) is 54.6 Å². The smallest absolute Gasteiger partial charge is 0.408 e. The molecule has 2 fully saturated rings. The molecule has 3 amide bonds. The van der Waals surface area contributed by atoms with Crippen molar-refractivity contribution in [3.05, 3.63) is 107 Å². The van der Waals surface area contributed by atoms with E-state index in [0.717, 1.165) is 21.6 Å². The summed E-state index contributed by atoms with van der Waals surface area (Å²) in [4.78, 5) is 43.6. The number of aromatic amines is 1. The molecule has 12 nitrogen and oxygen atoms in total. The molecule has 4 aromatic rings. The fourth-order valence-corrected chi connectivity index (χ4v) is 6.38. The molecular formula is C33H33N5O7S. The zero-order valence-electron chi connectivity index (χ0n) is 24.9. The predicted molar refractivity (Wildman–Crippen MR) is 167 cm³/mol. The first-order chi connectivity index (χ1) is 22.4. The number of nitrogens with one attached hydrogen (secondary N) is 2. The molecule has 0 bridgehead atoms. The molecule has 2 aliphatic heterocycles. The number of aliphatic hydroxyl groups excluding tert-OH is 1. The highest BCUT2D eigenvalue weighted by molar-refractivity contribution is 7.99. The Kier molecular flexibility index (Phi) is 9.73. The molecule has 3 aromatic carbocycles. The van der Waals surface area contributed by atoms with Crippen molar-refractivity contribution in [1.29, 1.82) is 0 Å². The molecule has 238 valence electrons. The van der Waals surface area contributed by atoms with Crippen molar-refractivity contribution in [2.75, 3.05) is 10.7 Å². The number of aliphatic hydroxyl groups is 1. The van der Waals surface area contributed by atoms with Crippen molar-refractivity contribution in [2.45, 2.75) is 56.3 Å². The first-order valence-corrected chi connectivity index (χ1v) is 15.8. The van der Waals surface area contributed by atoms with Crippen LogP contribution in [0.2, 0.25) is 0 Å². The summed E-state index contributed by atoms with van der Waals surface area (Å²) in [6, 6.07) is 22.6. The van der Waals surface area contributed by atoms with E-state index in [1.54, 1.807) is 24.3 Å². The molecule has 3 heterocycles. The van der Waals surface area contributed by atoms with Gasteiger partial charge in [-0.1, -0.05) is 85.4 Å². The van der Waals surface area contributed by atoms with Gasteiger partial charge >= 0.3 is 6.09 Å². The number of thioether (sulfide) groups is 1. The number of hydrogen-bond acceptors (Lipinski definition) is 10. The predicted octanol–water partition coefficient (Wildman–Crippen LogP) is 4.44. The molecule has 6 rings (SSSR count). The lowest BCUT2D eigenvalue weighted by molar-refractivity contribution is -0.268. The van der Waals surface area contributed by atoms with Crippen LogP contribution in [0.3, 0.4) is 0 Å². The van der Waals surface area contributed by atoms with Crippen LogP contribution in [0.15, 0.2) is 90.3 Å². The molecule has 13 heteroatoms. The number of imide groups is 1. The van der Waals surface area contributed by atoms with Crippen molar-refractivity contribution in [2.24, 2.45) is 5.92 Å². The third kappa shape index (κ3) is 7.12. The lowest BCUT2D eigenvalue weighted by atomic mass is 9.91. The van der Waals surface area contributed by atoms with Crippen LogP contribution in [0, 0.1) is 5.92 Å². The van der Waals surface area contributed by atoms with E-state index in [4.69, 9.17) is 14.2 Å². The lowest BCUT2D eigenvalue weighted by Crippen LogP contribution is -2.42. The van der Waals surface area contributed by atoms with E-state index in [0.29, 0.717) is 22.2 Å². The Labute approximate surface area is 269 Å². The minimum Gasteiger partial charge on any atom is -0.445 e. The fraction of sp³-hybridized carbons (Fsp3) is 0.303. The summed E-state index contributed by atoms with van der Waals surface area (Å²) in [5.41, 5.74) is 3.65. The van der Waals surface area contributed by atoms with E-state index >= 15 is 0 Å². The number of benzene rings is 3. The highest BCUT2D eigenvalue weighted by atomic mass is 32.2. The molecule has 0 saturated carbocycles. The lowest BCUT2D eigenvalue weighted by Gasteiger charge is -2.41. The summed E-state index contributed by atoms with van der Waals surface area (Å²) in [6.45, 7) is 2.07. The summed E-state index contributed by atoms with van der Waals surface area (Å²) in [7, 11) is 0. The van der Waals surface area contributed by atoms with Crippen molar-refractivity contribution in [1.82, 2.24) is 20.5 Å². The molecule has 0 radical (unpaired) electrons. The van der Waals surface area contributed by atoms with E-state index in [9.17, 15) is 19.5 Å². The van der Waals surface area contributed by atoms with Crippen LogP contribution in [-0.4, -0.2) is 56.1 Å². The standard InChI is InChI=1S/C33H33N5O7S/c1-20-27(18-46-32-34-19-35-37-32)44-31(45-29(20)23-9-7-21(16-39)8-10-23)24-11-13-25(14-12-24)38-28(40)15-26(30(38)41)36-33(42)43-17-22-5-3-2-4-6-22/h2-14,19-20,26-27,29,31,39H,15-18H2,1H3,(H,36,42)(H,34,35,37). The summed E-state index contributed by atoms with van der Waals surface area (Å²) in [5, 5.41) is 19.5. The number of H-pyrrole nitrogens is 1. The maximum absolute atomic E-state index is 13.2. The Bertz CT molecular complexity index is 1640. The minimum atomic E-state index is -1.03. The quantitative estimate of drug-likeness (QED) is 0.167. The van der Waals surface area contributed by atoms with E-state index < -0.39 is 30.2 Å². The molecule has 5 atom stereocenters. The third-order valence-electron chi connectivity index (χ3n) is 7.98. The van der Waals surface area contributed by atoms with Gasteiger partial charge in [0.05, 0.1) is 30.9 Å². The molecular weight excluding hydrogens is 610 g/mol. The monoisotopic (exact) mass is 643 g/mol. The van der Waals surface area contributed by atoms with Gasteiger partial charge in [-0.05, 0) is 28.8 Å². The Morgan fingerprint density at radius 3 is 2.46 bits per heavy atom. The van der Waals surface area contributed by atoms with Gasteiger partial charge in [0.2, 0.25) is 5.91 Å². The van der Waals surface area contributed by atoms with Gasteiger partial charge in [-0.2, -0.15) is 5.10 Å². The normalized spacial score (nSPS) is 23.0. The maximum Gasteiger partial charge on any atom is 0.408 e. The molecule has 3 N–H and O–H groups in total. The van der Waals surface area contributed by atoms with Crippen LogP contribution >= 0.6 is 11.8 Å². The second-order valence-corrected chi connectivity index (χ2v) is 12.1. The average Bonchev–Trinajstić information content (AvgIpc) is 3.71. The van der Waals surface area contributed by atoms with Gasteiger partial charge in [0.15, 0.2) is 11.4 Å². The number of rotatable bonds is 10. The number of alkyl carbamates (subject to hydrolysis) is 1. The molecule has 0 spiro atoms. The Morgan fingerprint density at radius 2 is 1.76 bits per heavy atom. The molecule has 1 aromatic heterocycles. The van der Waals surface area contributed by atoms with Crippen molar-refractivity contribution in [3.8, 4) is 0 Å². The molecule has 2 saturated heterocycles. The Balaban J connectivity index is 1.14. The van der Waals surface area contributed by atoms with Gasteiger partial charge in [-0.15, -0.1) is 0 Å². The average molecular weight is 644 g/mol. The number of carbonyl (C=O) groups is 3. The molecule has 0 aliphatic carbocycles. The van der Waals surface area contributed by atoms with Gasteiger partial charge in [0.25, 0.3) is 5.91 Å². The highest BCUT2D eigenvalue weighted by Crippen LogP contribution is 2.43. The SMILES string of the molecule is CC1C(CSc2ncn[nH]2)OC(c2ccc(N3C(=O)CC(NC(=O)OCc4ccccc4)C3=O)cc2)OC1c1ccc(CO)cc1. The number of carbonyl (C=O) groups excluding carboxylic acids is 3. The zero-order chi connectivity index (χ0) is 32.0.